The zero-order valence-corrected chi connectivity index (χ0v) is 21.2. The second kappa shape index (κ2) is 12.7. The van der Waals surface area contributed by atoms with E-state index in [1.54, 1.807) is 12.1 Å². The van der Waals surface area contributed by atoms with E-state index in [1.807, 2.05) is 12.3 Å². The quantitative estimate of drug-likeness (QED) is 0.280. The molecule has 196 valence electrons. The number of hydrogen-bond donors (Lipinski definition) is 3. The standard InChI is InChI=1S/C26H20Cl2N2O8/c1-14-10-12-15(13-11-14)22(31)29-30-23(32)20(37-25(35)16-6-2-4-8-18(16)27)21(24(33)34)38-26(36)17-7-3-5-9-19(17)28/h2-13,20-21H,1H3,(H,29,31)(H,30,32)(H,33,34)/t20-,21+/m1/s1. The van der Waals surface area contributed by atoms with E-state index in [1.165, 1.54) is 60.7 Å². The van der Waals surface area contributed by atoms with E-state index < -0.39 is 41.9 Å². The molecule has 38 heavy (non-hydrogen) atoms. The van der Waals surface area contributed by atoms with Crippen molar-refractivity contribution < 1.29 is 38.6 Å². The van der Waals surface area contributed by atoms with Crippen LogP contribution >= 0.6 is 23.2 Å². The third kappa shape index (κ3) is 7.09. The van der Waals surface area contributed by atoms with E-state index >= 15 is 0 Å². The van der Waals surface area contributed by atoms with Crippen molar-refractivity contribution in [3.05, 3.63) is 105 Å². The number of carbonyl (C=O) groups is 5. The van der Waals surface area contributed by atoms with Gasteiger partial charge < -0.3 is 14.6 Å². The first-order valence-electron chi connectivity index (χ1n) is 10.9. The highest BCUT2D eigenvalue weighted by Gasteiger charge is 2.41. The molecule has 12 heteroatoms. The van der Waals surface area contributed by atoms with E-state index in [0.717, 1.165) is 5.56 Å². The Balaban J connectivity index is 1.87. The summed E-state index contributed by atoms with van der Waals surface area (Å²) in [6.45, 7) is 1.82. The molecule has 0 bridgehead atoms. The Morgan fingerprint density at radius 1 is 0.711 bits per heavy atom. The lowest BCUT2D eigenvalue weighted by Gasteiger charge is -2.24. The van der Waals surface area contributed by atoms with Gasteiger partial charge in [0.2, 0.25) is 12.2 Å². The molecular weight excluding hydrogens is 539 g/mol. The van der Waals surface area contributed by atoms with Crippen LogP contribution < -0.4 is 10.9 Å². The number of amides is 2. The van der Waals surface area contributed by atoms with Crippen LogP contribution in [0.1, 0.15) is 36.6 Å². The van der Waals surface area contributed by atoms with Crippen molar-refractivity contribution >= 4 is 52.9 Å². The number of hydrogen-bond acceptors (Lipinski definition) is 7. The highest BCUT2D eigenvalue weighted by atomic mass is 35.5. The van der Waals surface area contributed by atoms with Gasteiger partial charge in [0.05, 0.1) is 21.2 Å². The zero-order valence-electron chi connectivity index (χ0n) is 19.6. The van der Waals surface area contributed by atoms with Gasteiger partial charge in [-0.1, -0.05) is 65.2 Å². The maximum atomic E-state index is 13.0. The Kier molecular flexibility index (Phi) is 9.42. The molecule has 0 radical (unpaired) electrons. The first-order chi connectivity index (χ1) is 18.1. The minimum atomic E-state index is -2.33. The van der Waals surface area contributed by atoms with Crippen LogP contribution in [0.4, 0.5) is 0 Å². The molecule has 0 unspecified atom stereocenters. The van der Waals surface area contributed by atoms with Crippen LogP contribution in [0.3, 0.4) is 0 Å². The summed E-state index contributed by atoms with van der Waals surface area (Å²) in [6, 6.07) is 17.6. The molecule has 0 aliphatic carbocycles. The SMILES string of the molecule is Cc1ccc(C(=O)NNC(=O)[C@H](OC(=O)c2ccccc2Cl)[C@H](OC(=O)c2ccccc2Cl)C(=O)O)cc1. The second-order valence-electron chi connectivity index (χ2n) is 7.76. The summed E-state index contributed by atoms with van der Waals surface area (Å²) < 4.78 is 10.2. The van der Waals surface area contributed by atoms with Crippen molar-refractivity contribution in [3.8, 4) is 0 Å². The molecule has 0 fully saturated rings. The van der Waals surface area contributed by atoms with Gasteiger partial charge in [-0.3, -0.25) is 20.4 Å². The molecule has 10 nitrogen and oxygen atoms in total. The molecule has 3 N–H and O–H groups in total. The van der Waals surface area contributed by atoms with Crippen LogP contribution in [-0.2, 0) is 19.1 Å². The highest BCUT2D eigenvalue weighted by molar-refractivity contribution is 6.34. The van der Waals surface area contributed by atoms with Crippen LogP contribution in [0.5, 0.6) is 0 Å². The van der Waals surface area contributed by atoms with Gasteiger partial charge in [0.25, 0.3) is 11.8 Å². The third-order valence-electron chi connectivity index (χ3n) is 5.05. The number of esters is 2. The predicted octanol–water partition coefficient (Wildman–Crippen LogP) is 3.60. The number of carboxylic acids is 1. The third-order valence-corrected chi connectivity index (χ3v) is 5.70. The van der Waals surface area contributed by atoms with Crippen LogP contribution in [-0.4, -0.2) is 47.0 Å². The van der Waals surface area contributed by atoms with Crippen molar-refractivity contribution in [2.24, 2.45) is 0 Å². The molecule has 3 aromatic rings. The minimum Gasteiger partial charge on any atom is -0.478 e. The van der Waals surface area contributed by atoms with Gasteiger partial charge in [0.1, 0.15) is 0 Å². The largest absolute Gasteiger partial charge is 0.478 e. The summed E-state index contributed by atoms with van der Waals surface area (Å²) in [6.07, 6.45) is -4.58. The Bertz CT molecular complexity index is 1380. The number of benzene rings is 3. The van der Waals surface area contributed by atoms with Gasteiger partial charge in [-0.2, -0.15) is 0 Å². The molecule has 0 saturated carbocycles. The molecule has 3 rings (SSSR count). The average molecular weight is 559 g/mol. The minimum absolute atomic E-state index is 0.0377. The zero-order chi connectivity index (χ0) is 27.8. The number of carbonyl (C=O) groups excluding carboxylic acids is 4. The van der Waals surface area contributed by atoms with E-state index in [2.05, 4.69) is 5.43 Å². The average Bonchev–Trinajstić information content (AvgIpc) is 2.89. The van der Waals surface area contributed by atoms with Gasteiger partial charge >= 0.3 is 17.9 Å². The van der Waals surface area contributed by atoms with E-state index in [4.69, 9.17) is 32.7 Å². The number of rotatable bonds is 8. The summed E-state index contributed by atoms with van der Waals surface area (Å²) >= 11 is 12.0. The van der Waals surface area contributed by atoms with Gasteiger partial charge in [0, 0.05) is 5.56 Å². The summed E-state index contributed by atoms with van der Waals surface area (Å²) in [7, 11) is 0. The summed E-state index contributed by atoms with van der Waals surface area (Å²) in [4.78, 5) is 62.9. The Labute approximate surface area is 226 Å². The summed E-state index contributed by atoms with van der Waals surface area (Å²) in [5.41, 5.74) is 4.80. The topological polar surface area (TPSA) is 148 Å². The van der Waals surface area contributed by atoms with Gasteiger partial charge in [-0.25, -0.2) is 14.4 Å². The van der Waals surface area contributed by atoms with E-state index in [9.17, 15) is 29.1 Å². The molecule has 0 saturated heterocycles. The smallest absolute Gasteiger partial charge is 0.349 e. The maximum Gasteiger partial charge on any atom is 0.349 e. The first-order valence-corrected chi connectivity index (χ1v) is 11.6. The highest BCUT2D eigenvalue weighted by Crippen LogP contribution is 2.21. The fourth-order valence-corrected chi connectivity index (χ4v) is 3.50. The van der Waals surface area contributed by atoms with Gasteiger partial charge in [-0.05, 0) is 43.3 Å². The molecule has 2 amide bonds. The van der Waals surface area contributed by atoms with E-state index in [-0.39, 0.29) is 26.7 Å². The molecule has 0 heterocycles. The van der Waals surface area contributed by atoms with Gasteiger partial charge in [0.15, 0.2) is 0 Å². The molecular formula is C26H20Cl2N2O8. The van der Waals surface area contributed by atoms with Crippen LogP contribution in [0.2, 0.25) is 10.0 Å². The van der Waals surface area contributed by atoms with Crippen molar-refractivity contribution in [3.63, 3.8) is 0 Å². The van der Waals surface area contributed by atoms with Crippen molar-refractivity contribution in [2.75, 3.05) is 0 Å². The molecule has 0 aliphatic rings. The number of ether oxygens (including phenoxy) is 2. The summed E-state index contributed by atoms with van der Waals surface area (Å²) in [5, 5.41) is 9.70. The van der Waals surface area contributed by atoms with Crippen molar-refractivity contribution in [1.82, 2.24) is 10.9 Å². The first kappa shape index (κ1) is 28.2. The van der Waals surface area contributed by atoms with Crippen molar-refractivity contribution in [1.29, 1.82) is 0 Å². The van der Waals surface area contributed by atoms with E-state index in [0.29, 0.717) is 0 Å². The normalized spacial score (nSPS) is 12.0. The fraction of sp³-hybridized carbons (Fsp3) is 0.115. The molecule has 3 aromatic carbocycles. The lowest BCUT2D eigenvalue weighted by Crippen LogP contribution is -2.54. The Morgan fingerprint density at radius 3 is 1.66 bits per heavy atom. The monoisotopic (exact) mass is 558 g/mol. The Morgan fingerprint density at radius 2 is 1.18 bits per heavy atom. The number of aliphatic carboxylic acids is 1. The van der Waals surface area contributed by atoms with Crippen LogP contribution in [0, 0.1) is 6.92 Å². The fourth-order valence-electron chi connectivity index (χ4n) is 3.07. The maximum absolute atomic E-state index is 13.0. The molecule has 0 aliphatic heterocycles. The number of halogens is 2. The Hall–Kier alpha value is -4.41. The number of nitrogens with one attached hydrogen (secondary N) is 2. The number of aryl methyl sites for hydroxylation is 1. The van der Waals surface area contributed by atoms with Crippen LogP contribution in [0.25, 0.3) is 0 Å². The lowest BCUT2D eigenvalue weighted by atomic mass is 10.1. The second-order valence-corrected chi connectivity index (χ2v) is 8.57. The molecule has 0 aromatic heterocycles. The molecule has 0 spiro atoms. The van der Waals surface area contributed by atoms with Crippen molar-refractivity contribution in [2.45, 2.75) is 19.1 Å². The predicted molar refractivity (Wildman–Crippen MR) is 136 cm³/mol. The van der Waals surface area contributed by atoms with Crippen LogP contribution in [0.15, 0.2) is 72.8 Å². The van der Waals surface area contributed by atoms with Gasteiger partial charge in [-0.15, -0.1) is 0 Å². The summed E-state index contributed by atoms with van der Waals surface area (Å²) in [5.74, 6) is -6.24. The lowest BCUT2D eigenvalue weighted by molar-refractivity contribution is -0.159. The molecule has 2 atom stereocenters. The number of hydrazine groups is 1. The number of carboxylic acid groups (broad SMARTS) is 1.